The van der Waals surface area contributed by atoms with E-state index in [1.165, 1.54) is 0 Å². The number of hydrogen-bond donors (Lipinski definition) is 1. The smallest absolute Gasteiger partial charge is 0.317 e. The number of piperidine rings is 1. The highest BCUT2D eigenvalue weighted by molar-refractivity contribution is 5.78. The standard InChI is InChI=1S/C16H22N4O2/c21-15(4-3-13-5-7-17-8-6-13)19-10-1-2-14(12-19)20-11-9-18-16(20)22/h5-8,14H,1-4,9-12H2,(H,18,22)/t14-/m0/s1. The Labute approximate surface area is 130 Å². The van der Waals surface area contributed by atoms with Gasteiger partial charge in [0.2, 0.25) is 5.91 Å². The number of likely N-dealkylation sites (tertiary alicyclic amines) is 1. The van der Waals surface area contributed by atoms with Crippen LogP contribution in [0, 0.1) is 0 Å². The van der Waals surface area contributed by atoms with E-state index in [2.05, 4.69) is 10.3 Å². The molecule has 1 aromatic heterocycles. The lowest BCUT2D eigenvalue weighted by molar-refractivity contribution is -0.133. The molecule has 0 spiro atoms. The number of nitrogens with zero attached hydrogens (tertiary/aromatic N) is 3. The zero-order chi connectivity index (χ0) is 15.4. The summed E-state index contributed by atoms with van der Waals surface area (Å²) in [5, 5.41) is 2.84. The minimum atomic E-state index is 0.0103. The molecule has 6 heteroatoms. The Morgan fingerprint density at radius 1 is 1.32 bits per heavy atom. The van der Waals surface area contributed by atoms with Gasteiger partial charge in [0, 0.05) is 45.0 Å². The number of nitrogens with one attached hydrogen (secondary N) is 1. The molecule has 2 aliphatic heterocycles. The highest BCUT2D eigenvalue weighted by Crippen LogP contribution is 2.18. The minimum Gasteiger partial charge on any atom is -0.341 e. The molecule has 6 nitrogen and oxygen atoms in total. The fourth-order valence-corrected chi connectivity index (χ4v) is 3.23. The second-order valence-electron chi connectivity index (χ2n) is 5.92. The summed E-state index contributed by atoms with van der Waals surface area (Å²) in [6, 6.07) is 4.07. The molecule has 1 aromatic rings. The first-order chi connectivity index (χ1) is 10.7. The van der Waals surface area contributed by atoms with Crippen molar-refractivity contribution in [1.29, 1.82) is 0 Å². The van der Waals surface area contributed by atoms with Gasteiger partial charge < -0.3 is 15.1 Å². The molecule has 118 valence electrons. The van der Waals surface area contributed by atoms with E-state index in [1.54, 1.807) is 12.4 Å². The Hall–Kier alpha value is -2.11. The number of aryl methyl sites for hydroxylation is 1. The summed E-state index contributed by atoms with van der Waals surface area (Å²) in [5.41, 5.74) is 1.14. The van der Waals surface area contributed by atoms with Crippen molar-refractivity contribution in [2.45, 2.75) is 31.7 Å². The molecule has 0 bridgehead atoms. The lowest BCUT2D eigenvalue weighted by atomic mass is 10.0. The van der Waals surface area contributed by atoms with Crippen molar-refractivity contribution in [1.82, 2.24) is 20.1 Å². The molecule has 22 heavy (non-hydrogen) atoms. The Morgan fingerprint density at radius 3 is 2.86 bits per heavy atom. The van der Waals surface area contributed by atoms with Crippen molar-refractivity contribution >= 4 is 11.9 Å². The summed E-state index contributed by atoms with van der Waals surface area (Å²) in [7, 11) is 0. The van der Waals surface area contributed by atoms with Gasteiger partial charge in [-0.2, -0.15) is 0 Å². The van der Waals surface area contributed by atoms with Gasteiger partial charge in [0.15, 0.2) is 0 Å². The largest absolute Gasteiger partial charge is 0.341 e. The Bertz CT molecular complexity index is 534. The van der Waals surface area contributed by atoms with Crippen molar-refractivity contribution < 1.29 is 9.59 Å². The molecule has 3 amide bonds. The van der Waals surface area contributed by atoms with Gasteiger partial charge in [-0.3, -0.25) is 9.78 Å². The van der Waals surface area contributed by atoms with Crippen molar-refractivity contribution in [3.05, 3.63) is 30.1 Å². The van der Waals surface area contributed by atoms with Crippen LogP contribution in [0.4, 0.5) is 4.79 Å². The van der Waals surface area contributed by atoms with Gasteiger partial charge in [0.05, 0.1) is 6.04 Å². The number of amides is 3. The summed E-state index contributed by atoms with van der Waals surface area (Å²) >= 11 is 0. The molecule has 0 saturated carbocycles. The number of hydrogen-bond acceptors (Lipinski definition) is 3. The van der Waals surface area contributed by atoms with Gasteiger partial charge in [-0.15, -0.1) is 0 Å². The van der Waals surface area contributed by atoms with Gasteiger partial charge in [0.25, 0.3) is 0 Å². The minimum absolute atomic E-state index is 0.0103. The first-order valence-corrected chi connectivity index (χ1v) is 7.95. The normalized spacial score (nSPS) is 21.8. The highest BCUT2D eigenvalue weighted by atomic mass is 16.2. The van der Waals surface area contributed by atoms with Crippen molar-refractivity contribution in [3.8, 4) is 0 Å². The fourth-order valence-electron chi connectivity index (χ4n) is 3.23. The summed E-state index contributed by atoms with van der Waals surface area (Å²) < 4.78 is 0. The van der Waals surface area contributed by atoms with Crippen LogP contribution >= 0.6 is 0 Å². The Morgan fingerprint density at radius 2 is 2.14 bits per heavy atom. The molecule has 3 rings (SSSR count). The first-order valence-electron chi connectivity index (χ1n) is 7.95. The van der Waals surface area contributed by atoms with Crippen LogP contribution in [-0.4, -0.2) is 58.9 Å². The molecule has 1 atom stereocenters. The van der Waals surface area contributed by atoms with E-state index in [0.29, 0.717) is 19.5 Å². The maximum absolute atomic E-state index is 12.4. The van der Waals surface area contributed by atoms with E-state index in [0.717, 1.165) is 37.9 Å². The van der Waals surface area contributed by atoms with Gasteiger partial charge in [-0.1, -0.05) is 0 Å². The summed E-state index contributed by atoms with van der Waals surface area (Å²) in [6.07, 6.45) is 6.72. The number of urea groups is 1. The lowest BCUT2D eigenvalue weighted by Crippen LogP contribution is -2.50. The topological polar surface area (TPSA) is 65.5 Å². The fraction of sp³-hybridized carbons (Fsp3) is 0.562. The highest BCUT2D eigenvalue weighted by Gasteiger charge is 2.32. The molecule has 2 saturated heterocycles. The molecule has 1 N–H and O–H groups in total. The van der Waals surface area contributed by atoms with Crippen LogP contribution in [0.5, 0.6) is 0 Å². The molecule has 0 radical (unpaired) electrons. The number of carbonyl (C=O) groups excluding carboxylic acids is 2. The molecule has 2 fully saturated rings. The van der Waals surface area contributed by atoms with Crippen LogP contribution in [-0.2, 0) is 11.2 Å². The van der Waals surface area contributed by atoms with Crippen LogP contribution in [0.25, 0.3) is 0 Å². The van der Waals surface area contributed by atoms with E-state index in [4.69, 9.17) is 0 Å². The molecule has 0 aromatic carbocycles. The molecule has 2 aliphatic rings. The SMILES string of the molecule is O=C(CCc1ccncc1)N1CCC[C@H](N2CCNC2=O)C1. The van der Waals surface area contributed by atoms with Crippen LogP contribution in [0.15, 0.2) is 24.5 Å². The van der Waals surface area contributed by atoms with Gasteiger partial charge in [-0.25, -0.2) is 4.79 Å². The zero-order valence-electron chi connectivity index (χ0n) is 12.7. The Kier molecular flexibility index (Phi) is 4.56. The average molecular weight is 302 g/mol. The van der Waals surface area contributed by atoms with E-state index in [9.17, 15) is 9.59 Å². The summed E-state index contributed by atoms with van der Waals surface area (Å²) in [5.74, 6) is 0.182. The second-order valence-corrected chi connectivity index (χ2v) is 5.92. The molecule has 0 aliphatic carbocycles. The maximum atomic E-state index is 12.4. The summed E-state index contributed by atoms with van der Waals surface area (Å²) in [6.45, 7) is 2.94. The lowest BCUT2D eigenvalue weighted by Gasteiger charge is -2.37. The second kappa shape index (κ2) is 6.77. The van der Waals surface area contributed by atoms with Gasteiger partial charge >= 0.3 is 6.03 Å². The molecular formula is C16H22N4O2. The average Bonchev–Trinajstić information content (AvgIpc) is 3.00. The first kappa shape index (κ1) is 14.8. The molecule has 0 unspecified atom stereocenters. The van der Waals surface area contributed by atoms with E-state index in [-0.39, 0.29) is 18.0 Å². The van der Waals surface area contributed by atoms with Crippen LogP contribution < -0.4 is 5.32 Å². The number of aromatic nitrogens is 1. The van der Waals surface area contributed by atoms with E-state index in [1.807, 2.05) is 21.9 Å². The molecule has 3 heterocycles. The predicted octanol–water partition coefficient (Wildman–Crippen LogP) is 1.03. The van der Waals surface area contributed by atoms with Crippen molar-refractivity contribution in [2.75, 3.05) is 26.2 Å². The van der Waals surface area contributed by atoms with Crippen LogP contribution in [0.2, 0.25) is 0 Å². The van der Waals surface area contributed by atoms with Gasteiger partial charge in [0.1, 0.15) is 0 Å². The van der Waals surface area contributed by atoms with E-state index < -0.39 is 0 Å². The van der Waals surface area contributed by atoms with Crippen LogP contribution in [0.1, 0.15) is 24.8 Å². The van der Waals surface area contributed by atoms with Gasteiger partial charge in [-0.05, 0) is 37.0 Å². The van der Waals surface area contributed by atoms with Crippen molar-refractivity contribution in [2.24, 2.45) is 0 Å². The third kappa shape index (κ3) is 3.37. The monoisotopic (exact) mass is 302 g/mol. The Balaban J connectivity index is 1.53. The quantitative estimate of drug-likeness (QED) is 0.903. The van der Waals surface area contributed by atoms with Crippen LogP contribution in [0.3, 0.4) is 0 Å². The number of carbonyl (C=O) groups is 2. The summed E-state index contributed by atoms with van der Waals surface area (Å²) in [4.78, 5) is 32.0. The van der Waals surface area contributed by atoms with E-state index >= 15 is 0 Å². The predicted molar refractivity (Wildman–Crippen MR) is 82.3 cm³/mol. The number of pyridine rings is 1. The zero-order valence-corrected chi connectivity index (χ0v) is 12.7. The maximum Gasteiger partial charge on any atom is 0.317 e. The molecular weight excluding hydrogens is 280 g/mol. The third-order valence-corrected chi connectivity index (χ3v) is 4.46. The van der Waals surface area contributed by atoms with Crippen molar-refractivity contribution in [3.63, 3.8) is 0 Å². The third-order valence-electron chi connectivity index (χ3n) is 4.46. The number of rotatable bonds is 4.